The van der Waals surface area contributed by atoms with Gasteiger partial charge in [-0.15, -0.1) is 4.89 Å². The molecule has 70 valence electrons. The topological polar surface area (TPSA) is 46.5 Å². The first-order chi connectivity index (χ1) is 5.27. The molecule has 0 amide bonds. The first-order valence-corrected chi connectivity index (χ1v) is 3.34. The van der Waals surface area contributed by atoms with Gasteiger partial charge in [0.15, 0.2) is 0 Å². The molecular formula is C3HF5O3P+. The lowest BCUT2D eigenvalue weighted by molar-refractivity contribution is -0.160. The van der Waals surface area contributed by atoms with Gasteiger partial charge in [-0.2, -0.15) is 22.0 Å². The lowest BCUT2D eigenvalue weighted by Crippen LogP contribution is -2.18. The molecule has 0 saturated heterocycles. The van der Waals surface area contributed by atoms with Gasteiger partial charge in [-0.1, -0.05) is 0 Å². The molecule has 12 heavy (non-hydrogen) atoms. The van der Waals surface area contributed by atoms with Gasteiger partial charge in [0.2, 0.25) is 0 Å². The van der Waals surface area contributed by atoms with Gasteiger partial charge in [-0.3, -0.25) is 0 Å². The fourth-order valence-corrected chi connectivity index (χ4v) is 0.524. The van der Waals surface area contributed by atoms with Crippen molar-refractivity contribution in [2.75, 3.05) is 0 Å². The molecule has 0 aliphatic rings. The minimum Gasteiger partial charge on any atom is -0.196 e. The normalized spacial score (nSPS) is 12.7. The van der Waals surface area contributed by atoms with Crippen LogP contribution in [0.4, 0.5) is 22.0 Å². The summed E-state index contributed by atoms with van der Waals surface area (Å²) in [5.74, 6) is -3.18. The Morgan fingerprint density at radius 2 is 1.75 bits per heavy atom. The van der Waals surface area contributed by atoms with Crippen molar-refractivity contribution < 1.29 is 35.9 Å². The summed E-state index contributed by atoms with van der Waals surface area (Å²) < 4.78 is 69.9. The van der Waals surface area contributed by atoms with Gasteiger partial charge < -0.3 is 0 Å². The van der Waals surface area contributed by atoms with Crippen LogP contribution >= 0.6 is 8.25 Å². The summed E-state index contributed by atoms with van der Waals surface area (Å²) in [7, 11) is -3.85. The Kier molecular flexibility index (Phi) is 3.69. The molecule has 0 heterocycles. The highest BCUT2D eigenvalue weighted by molar-refractivity contribution is 7.32. The van der Waals surface area contributed by atoms with E-state index in [1.807, 2.05) is 0 Å². The van der Waals surface area contributed by atoms with E-state index in [1.165, 1.54) is 0 Å². The molecule has 0 aromatic carbocycles. The van der Waals surface area contributed by atoms with Crippen molar-refractivity contribution >= 4 is 8.25 Å². The zero-order valence-electron chi connectivity index (χ0n) is 5.10. The van der Waals surface area contributed by atoms with Gasteiger partial charge in [0.05, 0.1) is 0 Å². The molecule has 0 fully saturated rings. The summed E-state index contributed by atoms with van der Waals surface area (Å²) in [4.78, 5) is 7.69. The van der Waals surface area contributed by atoms with E-state index in [-0.39, 0.29) is 0 Å². The van der Waals surface area contributed by atoms with Crippen molar-refractivity contribution in [1.29, 1.82) is 0 Å². The molecule has 1 atom stereocenters. The Labute approximate surface area is 63.4 Å². The van der Waals surface area contributed by atoms with Crippen LogP contribution in [-0.2, 0) is 9.09 Å². The Bertz CT molecular complexity index is 222. The monoisotopic (exact) mass is 211 g/mol. The fourth-order valence-electron chi connectivity index (χ4n) is 0.248. The third-order valence-corrected chi connectivity index (χ3v) is 1.000. The molecule has 0 bridgehead atoms. The number of hydrogen-bond acceptors (Lipinski definition) is 2. The Balaban J connectivity index is 4.62. The van der Waals surface area contributed by atoms with E-state index in [9.17, 15) is 26.5 Å². The van der Waals surface area contributed by atoms with Gasteiger partial charge in [0, 0.05) is 4.57 Å². The van der Waals surface area contributed by atoms with Crippen LogP contribution in [0.3, 0.4) is 0 Å². The minimum absolute atomic E-state index is 2.68. The predicted molar refractivity (Wildman–Crippen MR) is 26.2 cm³/mol. The molecule has 0 rings (SSSR count). The molecule has 0 saturated carbocycles. The average Bonchev–Trinajstić information content (AvgIpc) is 1.82. The van der Waals surface area contributed by atoms with E-state index in [1.54, 1.807) is 0 Å². The third kappa shape index (κ3) is 3.21. The number of halogens is 5. The zero-order valence-corrected chi connectivity index (χ0v) is 6.00. The molecule has 0 aliphatic carbocycles. The van der Waals surface area contributed by atoms with E-state index in [2.05, 4.69) is 4.52 Å². The molecule has 0 spiro atoms. The number of alkyl halides is 2. The summed E-state index contributed by atoms with van der Waals surface area (Å²) >= 11 is 0. The summed E-state index contributed by atoms with van der Waals surface area (Å²) in [6.07, 6.45) is -8.38. The van der Waals surface area contributed by atoms with Gasteiger partial charge in [-0.05, 0) is 4.52 Å². The van der Waals surface area contributed by atoms with Gasteiger partial charge in [-0.25, -0.2) is 0 Å². The highest BCUT2D eigenvalue weighted by Gasteiger charge is 2.49. The van der Waals surface area contributed by atoms with Gasteiger partial charge >= 0.3 is 20.4 Å². The predicted octanol–water partition coefficient (Wildman–Crippen LogP) is 2.32. The van der Waals surface area contributed by atoms with Crippen LogP contribution in [0.25, 0.3) is 0 Å². The van der Waals surface area contributed by atoms with Crippen LogP contribution in [0.15, 0.2) is 11.9 Å². The largest absolute Gasteiger partial charge is 0.701 e. The number of rotatable bonds is 3. The first kappa shape index (κ1) is 11.4. The maximum Gasteiger partial charge on any atom is 0.701 e. The lowest BCUT2D eigenvalue weighted by atomic mass is 10.5. The maximum absolute atomic E-state index is 11.8. The summed E-state index contributed by atoms with van der Waals surface area (Å²) in [5.41, 5.74) is 0. The van der Waals surface area contributed by atoms with E-state index < -0.39 is 26.3 Å². The van der Waals surface area contributed by atoms with E-state index in [0.29, 0.717) is 0 Å². The highest BCUT2D eigenvalue weighted by Crippen LogP contribution is 2.37. The first-order valence-electron chi connectivity index (χ1n) is 2.21. The molecule has 0 aromatic heterocycles. The fraction of sp³-hybridized carbons (Fsp3) is 0.333. The van der Waals surface area contributed by atoms with E-state index in [4.69, 9.17) is 4.89 Å². The second-order valence-corrected chi connectivity index (χ2v) is 2.08. The zero-order chi connectivity index (χ0) is 9.94. The van der Waals surface area contributed by atoms with Crippen LogP contribution in [0.2, 0.25) is 0 Å². The van der Waals surface area contributed by atoms with Crippen LogP contribution in [0, 0.1) is 0 Å². The third-order valence-electron chi connectivity index (χ3n) is 0.614. The highest BCUT2D eigenvalue weighted by atomic mass is 31.1. The van der Waals surface area contributed by atoms with Crippen LogP contribution in [-0.4, -0.2) is 11.0 Å². The Morgan fingerprint density at radius 1 is 1.33 bits per heavy atom. The molecule has 1 unspecified atom stereocenters. The Morgan fingerprint density at radius 3 is 2.00 bits per heavy atom. The Hall–Kier alpha value is -0.590. The summed E-state index contributed by atoms with van der Waals surface area (Å²) in [6, 6.07) is 0. The molecule has 9 heteroatoms. The summed E-state index contributed by atoms with van der Waals surface area (Å²) in [5, 5.41) is 0. The average molecular weight is 211 g/mol. The van der Waals surface area contributed by atoms with Crippen LogP contribution in [0.5, 0.6) is 0 Å². The molecule has 3 nitrogen and oxygen atoms in total. The van der Waals surface area contributed by atoms with Crippen molar-refractivity contribution in [3.05, 3.63) is 11.9 Å². The molecule has 0 radical (unpaired) electrons. The van der Waals surface area contributed by atoms with Crippen LogP contribution in [0.1, 0.15) is 0 Å². The van der Waals surface area contributed by atoms with Crippen molar-refractivity contribution in [2.45, 2.75) is 6.11 Å². The maximum atomic E-state index is 11.8. The lowest BCUT2D eigenvalue weighted by Gasteiger charge is -2.03. The van der Waals surface area contributed by atoms with Crippen molar-refractivity contribution in [3.63, 3.8) is 0 Å². The van der Waals surface area contributed by atoms with E-state index in [0.717, 1.165) is 0 Å². The second kappa shape index (κ2) is 3.88. The van der Waals surface area contributed by atoms with Crippen molar-refractivity contribution in [1.82, 2.24) is 0 Å². The van der Waals surface area contributed by atoms with Gasteiger partial charge in [0.25, 0.3) is 5.83 Å². The van der Waals surface area contributed by atoms with Gasteiger partial charge in [0.1, 0.15) is 0 Å². The second-order valence-electron chi connectivity index (χ2n) is 1.42. The molecule has 1 N–H and O–H groups in total. The summed E-state index contributed by atoms with van der Waals surface area (Å²) in [6.45, 7) is 0. The van der Waals surface area contributed by atoms with Crippen molar-refractivity contribution in [3.8, 4) is 0 Å². The van der Waals surface area contributed by atoms with Crippen LogP contribution < -0.4 is 0 Å². The quantitative estimate of drug-likeness (QED) is 0.575. The SMILES string of the molecule is O=[P+](O)OC(F)(F)C(F)=C(F)F. The molecule has 0 aliphatic heterocycles. The molecule has 0 aromatic rings. The molecular weight excluding hydrogens is 210 g/mol. The smallest absolute Gasteiger partial charge is 0.196 e. The number of hydrogen-bond donors (Lipinski definition) is 1. The van der Waals surface area contributed by atoms with E-state index >= 15 is 0 Å². The standard InChI is InChI=1S/C3F5O3P/c4-1(2(5)6)3(7,8)11-12(9)10/p+1. The van der Waals surface area contributed by atoms with Crippen molar-refractivity contribution in [2.24, 2.45) is 0 Å². The minimum atomic E-state index is -5.07.